The van der Waals surface area contributed by atoms with Crippen molar-refractivity contribution in [3.63, 3.8) is 0 Å². The first-order chi connectivity index (χ1) is 8.65. The molecule has 0 saturated carbocycles. The van der Waals surface area contributed by atoms with Crippen LogP contribution >= 0.6 is 11.3 Å². The van der Waals surface area contributed by atoms with Crippen molar-refractivity contribution in [2.24, 2.45) is 0 Å². The monoisotopic (exact) mass is 267 g/mol. The minimum Gasteiger partial charge on any atom is -0.306 e. The van der Waals surface area contributed by atoms with Gasteiger partial charge in [0.1, 0.15) is 11.6 Å². The van der Waals surface area contributed by atoms with Gasteiger partial charge in [-0.3, -0.25) is 0 Å². The molecule has 1 N–H and O–H groups in total. The maximum Gasteiger partial charge on any atom is 0.131 e. The van der Waals surface area contributed by atoms with Crippen LogP contribution in [0.1, 0.15) is 29.0 Å². The molecule has 0 aliphatic rings. The van der Waals surface area contributed by atoms with E-state index in [9.17, 15) is 8.78 Å². The standard InChI is InChI=1S/C14H15F2NS/c1-3-17-14(10-7-8-18-9(10)2)13-11(15)5-4-6-12(13)16/h4-8,14,17H,3H2,1-2H3. The van der Waals surface area contributed by atoms with Crippen molar-refractivity contribution in [3.8, 4) is 0 Å². The molecule has 1 aromatic heterocycles. The Hall–Kier alpha value is -1.26. The summed E-state index contributed by atoms with van der Waals surface area (Å²) < 4.78 is 27.7. The third kappa shape index (κ3) is 2.44. The molecule has 1 aromatic carbocycles. The molecular formula is C14H15F2NS. The van der Waals surface area contributed by atoms with Crippen LogP contribution in [0.5, 0.6) is 0 Å². The SMILES string of the molecule is CCNC(c1ccsc1C)c1c(F)cccc1F. The van der Waals surface area contributed by atoms with E-state index >= 15 is 0 Å². The molecule has 18 heavy (non-hydrogen) atoms. The molecule has 0 bridgehead atoms. The van der Waals surface area contributed by atoms with Gasteiger partial charge in [-0.25, -0.2) is 8.78 Å². The maximum atomic E-state index is 13.9. The van der Waals surface area contributed by atoms with Gasteiger partial charge in [-0.2, -0.15) is 0 Å². The van der Waals surface area contributed by atoms with Gasteiger partial charge in [0.15, 0.2) is 0 Å². The fraction of sp³-hybridized carbons (Fsp3) is 0.286. The molecule has 0 amide bonds. The van der Waals surface area contributed by atoms with E-state index in [0.29, 0.717) is 6.54 Å². The van der Waals surface area contributed by atoms with Crippen LogP contribution < -0.4 is 5.32 Å². The van der Waals surface area contributed by atoms with Gasteiger partial charge in [0.25, 0.3) is 0 Å². The number of hydrogen-bond donors (Lipinski definition) is 1. The lowest BCUT2D eigenvalue weighted by Gasteiger charge is -2.19. The fourth-order valence-electron chi connectivity index (χ4n) is 2.05. The molecule has 0 saturated heterocycles. The first-order valence-corrected chi connectivity index (χ1v) is 6.74. The van der Waals surface area contributed by atoms with Crippen LogP contribution in [0.4, 0.5) is 8.78 Å². The van der Waals surface area contributed by atoms with Gasteiger partial charge in [-0.1, -0.05) is 13.0 Å². The third-order valence-corrected chi connectivity index (χ3v) is 3.77. The van der Waals surface area contributed by atoms with E-state index in [1.165, 1.54) is 18.2 Å². The molecule has 0 aliphatic heterocycles. The van der Waals surface area contributed by atoms with Gasteiger partial charge in [0.05, 0.1) is 6.04 Å². The van der Waals surface area contributed by atoms with Gasteiger partial charge in [-0.15, -0.1) is 11.3 Å². The number of benzene rings is 1. The minimum absolute atomic E-state index is 0.0980. The number of aryl methyl sites for hydroxylation is 1. The summed E-state index contributed by atoms with van der Waals surface area (Å²) in [5.41, 5.74) is 1.03. The quantitative estimate of drug-likeness (QED) is 0.881. The average Bonchev–Trinajstić information content (AvgIpc) is 2.74. The highest BCUT2D eigenvalue weighted by Crippen LogP contribution is 2.31. The summed E-state index contributed by atoms with van der Waals surface area (Å²) in [6.45, 7) is 4.53. The Morgan fingerprint density at radius 1 is 1.22 bits per heavy atom. The second-order valence-electron chi connectivity index (χ2n) is 4.06. The van der Waals surface area contributed by atoms with Crippen LogP contribution in [0.25, 0.3) is 0 Å². The zero-order chi connectivity index (χ0) is 13.1. The molecule has 2 aromatic rings. The zero-order valence-electron chi connectivity index (χ0n) is 10.3. The number of hydrogen-bond acceptors (Lipinski definition) is 2. The predicted octanol–water partition coefficient (Wildman–Crippen LogP) is 4.03. The van der Waals surface area contributed by atoms with E-state index in [1.807, 2.05) is 25.3 Å². The lowest BCUT2D eigenvalue weighted by Crippen LogP contribution is -2.24. The van der Waals surface area contributed by atoms with Crippen molar-refractivity contribution in [1.82, 2.24) is 5.32 Å². The van der Waals surface area contributed by atoms with Crippen LogP contribution in [0, 0.1) is 18.6 Å². The summed E-state index contributed by atoms with van der Waals surface area (Å²) >= 11 is 1.58. The molecule has 4 heteroatoms. The summed E-state index contributed by atoms with van der Waals surface area (Å²) in [6.07, 6.45) is 0. The predicted molar refractivity (Wildman–Crippen MR) is 70.9 cm³/mol. The average molecular weight is 267 g/mol. The Morgan fingerprint density at radius 2 is 1.89 bits per heavy atom. The first kappa shape index (κ1) is 13.2. The number of thiophene rings is 1. The van der Waals surface area contributed by atoms with Gasteiger partial charge in [-0.05, 0) is 42.6 Å². The van der Waals surface area contributed by atoms with E-state index in [1.54, 1.807) is 11.3 Å². The third-order valence-electron chi connectivity index (χ3n) is 2.91. The van der Waals surface area contributed by atoms with Crippen LogP contribution in [-0.4, -0.2) is 6.54 Å². The Kier molecular flexibility index (Phi) is 4.09. The van der Waals surface area contributed by atoms with E-state index in [0.717, 1.165) is 10.4 Å². The number of halogens is 2. The second-order valence-corrected chi connectivity index (χ2v) is 5.18. The Bertz CT molecular complexity index is 516. The summed E-state index contributed by atoms with van der Waals surface area (Å²) in [5, 5.41) is 5.09. The minimum atomic E-state index is -0.508. The summed E-state index contributed by atoms with van der Waals surface area (Å²) in [7, 11) is 0. The van der Waals surface area contributed by atoms with Crippen LogP contribution in [0.3, 0.4) is 0 Å². The van der Waals surface area contributed by atoms with Crippen molar-refractivity contribution in [2.45, 2.75) is 19.9 Å². The molecule has 96 valence electrons. The Labute approximate surface area is 109 Å². The van der Waals surface area contributed by atoms with Gasteiger partial charge >= 0.3 is 0 Å². The van der Waals surface area contributed by atoms with Crippen LogP contribution in [0.2, 0.25) is 0 Å². The molecule has 1 unspecified atom stereocenters. The van der Waals surface area contributed by atoms with Gasteiger partial charge in [0.2, 0.25) is 0 Å². The highest BCUT2D eigenvalue weighted by atomic mass is 32.1. The maximum absolute atomic E-state index is 13.9. The van der Waals surface area contributed by atoms with E-state index in [2.05, 4.69) is 5.32 Å². The zero-order valence-corrected chi connectivity index (χ0v) is 11.2. The highest BCUT2D eigenvalue weighted by Gasteiger charge is 2.22. The van der Waals surface area contributed by atoms with Gasteiger partial charge in [0, 0.05) is 10.4 Å². The first-order valence-electron chi connectivity index (χ1n) is 5.86. The molecule has 0 radical (unpaired) electrons. The summed E-state index contributed by atoms with van der Waals surface area (Å²) in [6, 6.07) is 5.47. The number of rotatable bonds is 4. The molecular weight excluding hydrogens is 252 g/mol. The molecule has 2 rings (SSSR count). The molecule has 1 heterocycles. The molecule has 1 atom stereocenters. The van der Waals surface area contributed by atoms with Crippen LogP contribution in [0.15, 0.2) is 29.6 Å². The molecule has 0 aliphatic carbocycles. The summed E-state index contributed by atoms with van der Waals surface area (Å²) in [5.74, 6) is -1.02. The normalized spacial score (nSPS) is 12.7. The molecule has 1 nitrogen and oxygen atoms in total. The van der Waals surface area contributed by atoms with Crippen molar-refractivity contribution < 1.29 is 8.78 Å². The van der Waals surface area contributed by atoms with Crippen molar-refractivity contribution >= 4 is 11.3 Å². The molecule has 0 fully saturated rings. The largest absolute Gasteiger partial charge is 0.306 e. The van der Waals surface area contributed by atoms with E-state index in [4.69, 9.17) is 0 Å². The van der Waals surface area contributed by atoms with Crippen molar-refractivity contribution in [2.75, 3.05) is 6.54 Å². The van der Waals surface area contributed by atoms with E-state index in [-0.39, 0.29) is 5.56 Å². The molecule has 0 spiro atoms. The summed E-state index contributed by atoms with van der Waals surface area (Å²) in [4.78, 5) is 1.07. The Morgan fingerprint density at radius 3 is 2.39 bits per heavy atom. The fourth-order valence-corrected chi connectivity index (χ4v) is 2.79. The topological polar surface area (TPSA) is 12.0 Å². The van der Waals surface area contributed by atoms with Crippen LogP contribution in [-0.2, 0) is 0 Å². The highest BCUT2D eigenvalue weighted by molar-refractivity contribution is 7.10. The number of nitrogens with one attached hydrogen (secondary N) is 1. The van der Waals surface area contributed by atoms with Crippen molar-refractivity contribution in [1.29, 1.82) is 0 Å². The lowest BCUT2D eigenvalue weighted by molar-refractivity contribution is 0.510. The Balaban J connectivity index is 2.52. The van der Waals surface area contributed by atoms with E-state index < -0.39 is 17.7 Å². The lowest BCUT2D eigenvalue weighted by atomic mass is 9.98. The second kappa shape index (κ2) is 5.59. The van der Waals surface area contributed by atoms with Crippen molar-refractivity contribution in [3.05, 3.63) is 57.3 Å². The smallest absolute Gasteiger partial charge is 0.131 e. The van der Waals surface area contributed by atoms with Gasteiger partial charge < -0.3 is 5.32 Å².